The third-order valence-electron chi connectivity index (χ3n) is 4.62. The van der Waals surface area contributed by atoms with Crippen molar-refractivity contribution < 1.29 is 4.74 Å². The maximum absolute atomic E-state index is 5.64. The molecule has 1 aliphatic rings. The average molecular weight is 352 g/mol. The number of rotatable bonds is 4. The molecule has 0 saturated carbocycles. The minimum Gasteiger partial charge on any atom is -0.495 e. The van der Waals surface area contributed by atoms with Crippen molar-refractivity contribution in [2.75, 3.05) is 13.7 Å². The summed E-state index contributed by atoms with van der Waals surface area (Å²) >= 11 is 5.64. The molecule has 3 aromatic rings. The molecule has 0 bridgehead atoms. The van der Waals surface area contributed by atoms with Crippen molar-refractivity contribution in [2.45, 2.75) is 19.6 Å². The van der Waals surface area contributed by atoms with Crippen LogP contribution in [-0.2, 0) is 19.6 Å². The van der Waals surface area contributed by atoms with E-state index in [0.717, 1.165) is 30.9 Å². The fourth-order valence-corrected chi connectivity index (χ4v) is 3.54. The monoisotopic (exact) mass is 352 g/mol. The zero-order chi connectivity index (χ0) is 17.2. The highest BCUT2D eigenvalue weighted by Crippen LogP contribution is 2.23. The molecule has 2 aromatic carbocycles. The molecule has 0 atom stereocenters. The van der Waals surface area contributed by atoms with Crippen molar-refractivity contribution in [3.05, 3.63) is 70.8 Å². The fraction of sp³-hybridized carbons (Fsp3) is 0.263. The van der Waals surface area contributed by atoms with E-state index in [-0.39, 0.29) is 0 Å². The number of ether oxygens (including phenoxy) is 1. The first-order valence-corrected chi connectivity index (χ1v) is 8.74. The van der Waals surface area contributed by atoms with E-state index in [0.29, 0.717) is 11.4 Å². The second-order valence-corrected chi connectivity index (χ2v) is 6.53. The Balaban J connectivity index is 1.57. The molecule has 2 heterocycles. The Hall–Kier alpha value is -2.44. The van der Waals surface area contributed by atoms with Gasteiger partial charge in [0.25, 0.3) is 0 Å². The summed E-state index contributed by atoms with van der Waals surface area (Å²) in [7, 11) is 1.66. The van der Waals surface area contributed by atoms with Crippen LogP contribution in [0.1, 0.15) is 11.1 Å². The van der Waals surface area contributed by atoms with E-state index >= 15 is 0 Å². The van der Waals surface area contributed by atoms with Crippen LogP contribution in [0.15, 0.2) is 54.9 Å². The number of hydrogen-bond donors (Lipinski definition) is 0. The van der Waals surface area contributed by atoms with E-state index in [9.17, 15) is 0 Å². The minimum atomic E-state index is 0.670. The number of hydrogen-bond acceptors (Lipinski definition) is 4. The molecule has 25 heavy (non-hydrogen) atoms. The highest BCUT2D eigenvalue weighted by atomic mass is 32.1. The van der Waals surface area contributed by atoms with Crippen molar-refractivity contribution in [1.82, 2.24) is 19.2 Å². The third-order valence-corrected chi connectivity index (χ3v) is 5.03. The van der Waals surface area contributed by atoms with Crippen LogP contribution in [0.3, 0.4) is 0 Å². The lowest BCUT2D eigenvalue weighted by Gasteiger charge is -2.28. The Labute approximate surface area is 152 Å². The number of aromatic nitrogens is 3. The number of fused-ring (bicyclic) bond motifs is 1. The average Bonchev–Trinajstić information content (AvgIpc) is 3.02. The van der Waals surface area contributed by atoms with Gasteiger partial charge in [-0.3, -0.25) is 9.47 Å². The van der Waals surface area contributed by atoms with E-state index in [4.69, 9.17) is 17.0 Å². The minimum absolute atomic E-state index is 0.670. The van der Waals surface area contributed by atoms with Gasteiger partial charge in [0.15, 0.2) is 0 Å². The summed E-state index contributed by atoms with van der Waals surface area (Å²) in [6.45, 7) is 2.63. The highest BCUT2D eigenvalue weighted by Gasteiger charge is 2.17. The van der Waals surface area contributed by atoms with Gasteiger partial charge in [0.05, 0.1) is 19.5 Å². The van der Waals surface area contributed by atoms with Gasteiger partial charge in [-0.15, -0.1) is 0 Å². The van der Waals surface area contributed by atoms with Crippen LogP contribution < -0.4 is 4.74 Å². The third kappa shape index (κ3) is 3.10. The van der Waals surface area contributed by atoms with Gasteiger partial charge >= 0.3 is 0 Å². The predicted molar refractivity (Wildman–Crippen MR) is 99.5 cm³/mol. The van der Waals surface area contributed by atoms with Crippen molar-refractivity contribution in [2.24, 2.45) is 0 Å². The molecule has 0 spiro atoms. The summed E-state index contributed by atoms with van der Waals surface area (Å²) < 4.78 is 9.87. The Morgan fingerprint density at radius 2 is 1.84 bits per heavy atom. The van der Waals surface area contributed by atoms with Crippen molar-refractivity contribution in [3.8, 4) is 11.4 Å². The van der Waals surface area contributed by atoms with Crippen LogP contribution in [0.5, 0.6) is 5.75 Å². The SMILES string of the molecule is COc1ccccc1-n1cnn(CN2CCc3ccccc3C2)c1=S. The molecule has 0 fully saturated rings. The molecule has 1 aliphatic heterocycles. The van der Waals surface area contributed by atoms with Crippen molar-refractivity contribution in [1.29, 1.82) is 0 Å². The zero-order valence-electron chi connectivity index (χ0n) is 14.1. The second-order valence-electron chi connectivity index (χ2n) is 6.17. The molecular weight excluding hydrogens is 332 g/mol. The summed E-state index contributed by atoms with van der Waals surface area (Å²) in [6.07, 6.45) is 2.83. The summed E-state index contributed by atoms with van der Waals surface area (Å²) in [5.74, 6) is 0.782. The van der Waals surface area contributed by atoms with E-state index < -0.39 is 0 Å². The van der Waals surface area contributed by atoms with Crippen LogP contribution in [0.25, 0.3) is 5.69 Å². The molecule has 0 saturated heterocycles. The molecule has 0 radical (unpaired) electrons. The number of methoxy groups -OCH3 is 1. The molecular formula is C19H20N4OS. The highest BCUT2D eigenvalue weighted by molar-refractivity contribution is 7.71. The molecule has 128 valence electrons. The van der Waals surface area contributed by atoms with Crippen LogP contribution in [0, 0.1) is 4.77 Å². The lowest BCUT2D eigenvalue weighted by atomic mass is 10.0. The molecule has 0 amide bonds. The van der Waals surface area contributed by atoms with Gasteiger partial charge in [-0.2, -0.15) is 5.10 Å². The van der Waals surface area contributed by atoms with E-state index in [2.05, 4.69) is 34.3 Å². The molecule has 6 heteroatoms. The van der Waals surface area contributed by atoms with E-state index in [1.807, 2.05) is 33.5 Å². The smallest absolute Gasteiger partial charge is 0.203 e. The van der Waals surface area contributed by atoms with Gasteiger partial charge in [-0.05, 0) is 41.9 Å². The first kappa shape index (κ1) is 16.1. The van der Waals surface area contributed by atoms with E-state index in [1.54, 1.807) is 13.4 Å². The number of para-hydroxylation sites is 2. The van der Waals surface area contributed by atoms with Gasteiger partial charge in [0.2, 0.25) is 4.77 Å². The maximum Gasteiger partial charge on any atom is 0.203 e. The Morgan fingerprint density at radius 3 is 2.68 bits per heavy atom. The van der Waals surface area contributed by atoms with Gasteiger partial charge in [0.1, 0.15) is 12.1 Å². The fourth-order valence-electron chi connectivity index (χ4n) is 3.29. The Kier molecular flexibility index (Phi) is 4.38. The lowest BCUT2D eigenvalue weighted by Crippen LogP contribution is -2.32. The van der Waals surface area contributed by atoms with Gasteiger partial charge in [-0.1, -0.05) is 36.4 Å². The topological polar surface area (TPSA) is 35.2 Å². The van der Waals surface area contributed by atoms with Crippen LogP contribution in [0.2, 0.25) is 0 Å². The molecule has 5 nitrogen and oxygen atoms in total. The normalized spacial score (nSPS) is 14.3. The zero-order valence-corrected chi connectivity index (χ0v) is 14.9. The summed E-state index contributed by atoms with van der Waals surface area (Å²) in [5.41, 5.74) is 3.75. The lowest BCUT2D eigenvalue weighted by molar-refractivity contribution is 0.188. The first-order valence-electron chi connectivity index (χ1n) is 8.33. The van der Waals surface area contributed by atoms with Crippen LogP contribution >= 0.6 is 12.2 Å². The van der Waals surface area contributed by atoms with E-state index in [1.165, 1.54) is 11.1 Å². The molecule has 0 aliphatic carbocycles. The van der Waals surface area contributed by atoms with Crippen LogP contribution in [-0.4, -0.2) is 32.9 Å². The summed E-state index contributed by atoms with van der Waals surface area (Å²) in [4.78, 5) is 2.37. The van der Waals surface area contributed by atoms with Crippen molar-refractivity contribution >= 4 is 12.2 Å². The largest absolute Gasteiger partial charge is 0.495 e. The van der Waals surface area contributed by atoms with Gasteiger partial charge in [0, 0.05) is 13.1 Å². The quantitative estimate of drug-likeness (QED) is 0.674. The Bertz CT molecular complexity index is 946. The first-order chi connectivity index (χ1) is 12.3. The standard InChI is InChI=1S/C19H20N4OS/c1-24-18-9-5-4-8-17(18)22-13-20-23(19(22)25)14-21-11-10-15-6-2-3-7-16(15)12-21/h2-9,13H,10-12,14H2,1H3. The van der Waals surface area contributed by atoms with Gasteiger partial charge in [-0.25, -0.2) is 4.68 Å². The maximum atomic E-state index is 5.64. The molecule has 4 rings (SSSR count). The Morgan fingerprint density at radius 1 is 1.08 bits per heavy atom. The number of nitrogens with zero attached hydrogens (tertiary/aromatic N) is 4. The second kappa shape index (κ2) is 6.82. The molecule has 0 N–H and O–H groups in total. The number of benzene rings is 2. The predicted octanol–water partition coefficient (Wildman–Crippen LogP) is 3.43. The molecule has 1 aromatic heterocycles. The summed E-state index contributed by atoms with van der Waals surface area (Å²) in [6, 6.07) is 16.5. The summed E-state index contributed by atoms with van der Waals surface area (Å²) in [5, 5.41) is 4.50. The molecule has 0 unspecified atom stereocenters. The van der Waals surface area contributed by atoms with Crippen molar-refractivity contribution in [3.63, 3.8) is 0 Å². The van der Waals surface area contributed by atoms with Crippen LogP contribution in [0.4, 0.5) is 0 Å². The van der Waals surface area contributed by atoms with Gasteiger partial charge < -0.3 is 4.74 Å².